The summed E-state index contributed by atoms with van der Waals surface area (Å²) in [7, 11) is -5.92. The molecule has 0 radical (unpaired) electrons. The average molecular weight is 428 g/mol. The maximum absolute atomic E-state index is 12.8. The van der Waals surface area contributed by atoms with Crippen molar-refractivity contribution < 1.29 is 40.4 Å². The minimum atomic E-state index is -5.92. The van der Waals surface area contributed by atoms with E-state index in [4.69, 9.17) is 21.4 Å². The van der Waals surface area contributed by atoms with E-state index in [-0.39, 0.29) is 42.3 Å². The molecule has 2 aliphatic heterocycles. The van der Waals surface area contributed by atoms with Crippen molar-refractivity contribution in [2.24, 2.45) is 0 Å². The first-order valence-corrected chi connectivity index (χ1v) is 9.42. The first kappa shape index (κ1) is 19.6. The number of hydrogen-bond acceptors (Lipinski definition) is 5. The number of halogens is 4. The highest BCUT2D eigenvalue weighted by Gasteiger charge is 2.50. The molecule has 1 aromatic rings. The molecule has 0 bridgehead atoms. The number of hydrogen-bond donors (Lipinski definition) is 1. The summed E-state index contributed by atoms with van der Waals surface area (Å²) >= 11 is 6.01. The fraction of sp³-hybridized carbons (Fsp3) is 0.400. The molecule has 0 unspecified atom stereocenters. The summed E-state index contributed by atoms with van der Waals surface area (Å²) < 4.78 is 71.5. The lowest BCUT2D eigenvalue weighted by Crippen LogP contribution is -2.49. The SMILES string of the molecule is O=C(O)N1CCC2(C=C(OS(=O)(=O)C(F)(F)F)c3c(Cl)cccc3O2)CC1. The van der Waals surface area contributed by atoms with Crippen LogP contribution in [0.15, 0.2) is 24.3 Å². The molecule has 3 rings (SSSR count). The van der Waals surface area contributed by atoms with E-state index >= 15 is 0 Å². The van der Waals surface area contributed by atoms with Crippen LogP contribution >= 0.6 is 11.6 Å². The van der Waals surface area contributed by atoms with Gasteiger partial charge in [0.15, 0.2) is 5.76 Å². The molecule has 1 fully saturated rings. The number of alkyl halides is 3. The van der Waals surface area contributed by atoms with Crippen LogP contribution in [0.5, 0.6) is 5.75 Å². The van der Waals surface area contributed by atoms with Crippen LogP contribution in [0.2, 0.25) is 5.02 Å². The monoisotopic (exact) mass is 427 g/mol. The van der Waals surface area contributed by atoms with E-state index in [1.807, 2.05) is 0 Å². The van der Waals surface area contributed by atoms with Gasteiger partial charge >= 0.3 is 21.7 Å². The van der Waals surface area contributed by atoms with E-state index in [9.17, 15) is 26.4 Å². The summed E-state index contributed by atoms with van der Waals surface area (Å²) in [6.07, 6.45) is 0.196. The largest absolute Gasteiger partial charge is 0.534 e. The van der Waals surface area contributed by atoms with Gasteiger partial charge in [0, 0.05) is 32.0 Å². The molecule has 0 atom stereocenters. The highest BCUT2D eigenvalue weighted by Crippen LogP contribution is 2.45. The minimum absolute atomic E-state index is 0.0473. The molecular formula is C15H13ClF3NO6S. The smallest absolute Gasteiger partial charge is 0.482 e. The number of likely N-dealkylation sites (tertiary alicyclic amines) is 1. The Bertz CT molecular complexity index is 907. The number of ether oxygens (including phenoxy) is 1. The van der Waals surface area contributed by atoms with Gasteiger partial charge in [0.2, 0.25) is 0 Å². The van der Waals surface area contributed by atoms with Crippen LogP contribution < -0.4 is 4.74 Å². The number of nitrogens with zero attached hydrogens (tertiary/aromatic N) is 1. The van der Waals surface area contributed by atoms with Crippen LogP contribution in [0.3, 0.4) is 0 Å². The Morgan fingerprint density at radius 1 is 1.30 bits per heavy atom. The second kappa shape index (κ2) is 6.48. The van der Waals surface area contributed by atoms with Crippen molar-refractivity contribution in [3.05, 3.63) is 34.9 Å². The Labute approximate surface area is 157 Å². The van der Waals surface area contributed by atoms with E-state index in [0.717, 1.165) is 11.0 Å². The molecule has 27 heavy (non-hydrogen) atoms. The zero-order chi connectivity index (χ0) is 20.0. The molecule has 12 heteroatoms. The van der Waals surface area contributed by atoms with Crippen LogP contribution in [0.4, 0.5) is 18.0 Å². The minimum Gasteiger partial charge on any atom is -0.482 e. The summed E-state index contributed by atoms with van der Waals surface area (Å²) in [5.74, 6) is -0.538. The number of fused-ring (bicyclic) bond motifs is 1. The summed E-state index contributed by atoms with van der Waals surface area (Å²) in [6.45, 7) is 0.113. The van der Waals surface area contributed by atoms with Crippen LogP contribution in [0.1, 0.15) is 18.4 Å². The Hall–Kier alpha value is -2.14. The molecule has 1 N–H and O–H groups in total. The molecule has 1 spiro atoms. The van der Waals surface area contributed by atoms with Gasteiger partial charge in [-0.15, -0.1) is 0 Å². The predicted molar refractivity (Wildman–Crippen MR) is 87.7 cm³/mol. The zero-order valence-electron chi connectivity index (χ0n) is 13.5. The van der Waals surface area contributed by atoms with Crippen molar-refractivity contribution in [3.63, 3.8) is 0 Å². The van der Waals surface area contributed by atoms with Gasteiger partial charge in [-0.25, -0.2) is 4.79 Å². The Morgan fingerprint density at radius 3 is 2.48 bits per heavy atom. The second-order valence-corrected chi connectivity index (χ2v) is 7.99. The summed E-state index contributed by atoms with van der Waals surface area (Å²) in [5, 5.41) is 8.99. The van der Waals surface area contributed by atoms with E-state index in [0.29, 0.717) is 0 Å². The lowest BCUT2D eigenvalue weighted by molar-refractivity contribution is -0.0511. The van der Waals surface area contributed by atoms with Gasteiger partial charge in [0.25, 0.3) is 0 Å². The van der Waals surface area contributed by atoms with Gasteiger partial charge in [-0.1, -0.05) is 17.7 Å². The second-order valence-electron chi connectivity index (χ2n) is 6.04. The summed E-state index contributed by atoms with van der Waals surface area (Å²) in [6, 6.07) is 4.26. The Kier molecular flexibility index (Phi) is 4.71. The topological polar surface area (TPSA) is 93.1 Å². The normalized spacial score (nSPS) is 19.1. The number of benzene rings is 1. The maximum atomic E-state index is 12.8. The van der Waals surface area contributed by atoms with E-state index < -0.39 is 33.1 Å². The third kappa shape index (κ3) is 3.65. The molecule has 148 valence electrons. The van der Waals surface area contributed by atoms with E-state index in [1.165, 1.54) is 18.2 Å². The molecule has 0 saturated carbocycles. The van der Waals surface area contributed by atoms with Crippen molar-refractivity contribution in [2.75, 3.05) is 13.1 Å². The van der Waals surface area contributed by atoms with Gasteiger partial charge in [-0.3, -0.25) is 0 Å². The first-order chi connectivity index (χ1) is 12.4. The standard InChI is InChI=1S/C15H13ClF3NO6S/c16-9-2-1-3-10-12(9)11(26-27(23,24)15(17,18)19)8-14(25-10)4-6-20(7-5-14)13(21)22/h1-3,8H,4-7H2,(H,21,22). The zero-order valence-corrected chi connectivity index (χ0v) is 15.1. The van der Waals surface area contributed by atoms with Gasteiger partial charge < -0.3 is 18.9 Å². The van der Waals surface area contributed by atoms with Crippen LogP contribution in [-0.4, -0.2) is 48.7 Å². The molecular weight excluding hydrogens is 415 g/mol. The van der Waals surface area contributed by atoms with E-state index in [2.05, 4.69) is 4.18 Å². The number of amides is 1. The molecule has 1 amide bonds. The number of carboxylic acid groups (broad SMARTS) is 1. The van der Waals surface area contributed by atoms with Gasteiger partial charge in [-0.2, -0.15) is 21.6 Å². The van der Waals surface area contributed by atoms with Crippen molar-refractivity contribution in [1.29, 1.82) is 0 Å². The first-order valence-electron chi connectivity index (χ1n) is 7.63. The molecule has 0 aromatic heterocycles. The number of rotatable bonds is 2. The van der Waals surface area contributed by atoms with Crippen molar-refractivity contribution in [3.8, 4) is 5.75 Å². The molecule has 0 aliphatic carbocycles. The van der Waals surface area contributed by atoms with Crippen molar-refractivity contribution in [1.82, 2.24) is 4.90 Å². The summed E-state index contributed by atoms with van der Waals surface area (Å²) in [4.78, 5) is 12.2. The third-order valence-corrected chi connectivity index (χ3v) is 5.57. The van der Waals surface area contributed by atoms with Crippen LogP contribution in [-0.2, 0) is 14.3 Å². The summed E-state index contributed by atoms with van der Waals surface area (Å²) in [5.41, 5.74) is -6.94. The highest BCUT2D eigenvalue weighted by molar-refractivity contribution is 7.87. The van der Waals surface area contributed by atoms with Crippen molar-refractivity contribution in [2.45, 2.75) is 24.0 Å². The Morgan fingerprint density at radius 2 is 1.93 bits per heavy atom. The molecule has 1 aromatic carbocycles. The predicted octanol–water partition coefficient (Wildman–Crippen LogP) is 3.45. The lowest BCUT2D eigenvalue weighted by Gasteiger charge is -2.41. The van der Waals surface area contributed by atoms with Crippen LogP contribution in [0, 0.1) is 0 Å². The Balaban J connectivity index is 2.02. The van der Waals surface area contributed by atoms with Crippen molar-refractivity contribution >= 4 is 33.6 Å². The maximum Gasteiger partial charge on any atom is 0.534 e. The average Bonchev–Trinajstić information content (AvgIpc) is 2.53. The molecule has 7 nitrogen and oxygen atoms in total. The number of carbonyl (C=O) groups is 1. The fourth-order valence-corrected chi connectivity index (χ4v) is 3.66. The molecule has 2 aliphatic rings. The fourth-order valence-electron chi connectivity index (χ4n) is 2.94. The van der Waals surface area contributed by atoms with Gasteiger partial charge in [0.05, 0.1) is 10.6 Å². The van der Waals surface area contributed by atoms with E-state index in [1.54, 1.807) is 0 Å². The third-order valence-electron chi connectivity index (χ3n) is 4.29. The quantitative estimate of drug-likeness (QED) is 0.574. The molecule has 1 saturated heterocycles. The van der Waals surface area contributed by atoms with Crippen LogP contribution in [0.25, 0.3) is 5.76 Å². The molecule has 2 heterocycles. The van der Waals surface area contributed by atoms with Gasteiger partial charge in [0.1, 0.15) is 11.4 Å². The van der Waals surface area contributed by atoms with Gasteiger partial charge in [-0.05, 0) is 12.1 Å². The lowest BCUT2D eigenvalue weighted by atomic mass is 9.87. The number of piperidine rings is 1. The highest BCUT2D eigenvalue weighted by atomic mass is 35.5.